The van der Waals surface area contributed by atoms with Gasteiger partial charge in [0, 0.05) is 34.2 Å². The van der Waals surface area contributed by atoms with Gasteiger partial charge in [-0.3, -0.25) is 23.1 Å². The summed E-state index contributed by atoms with van der Waals surface area (Å²) in [6, 6.07) is 0. The van der Waals surface area contributed by atoms with Crippen molar-refractivity contribution in [2.45, 2.75) is 38.9 Å². The van der Waals surface area contributed by atoms with Gasteiger partial charge in [0.1, 0.15) is 30.2 Å². The first-order chi connectivity index (χ1) is 19.0. The van der Waals surface area contributed by atoms with E-state index in [0.717, 1.165) is 6.54 Å². The molecule has 1 aliphatic heterocycles. The van der Waals surface area contributed by atoms with Crippen molar-refractivity contribution in [3.8, 4) is 0 Å². The standard InChI is InChI=1S/C12H20N5O13P3.C5H12N2O.CH4/c1-25-8-6(3-27-32(21,22)30-33(23,24)29-31(18,19)20)28-12(9(8)26-2)17-5-16-7-10(13)14-4-15-11(7)17;1-5(8)7-4-3-6-2;/h4-6,8-9,12H,3H2,1-2H3,(H,21,22)(H,23,24)(H2,13,14,15)(H2,18,19,20);6H,3-4H2,1-2H3,(H,7,8);1H4/p-3/t6-,8?,9+,12-;;/m1../s1. The second kappa shape index (κ2) is 16.2. The van der Waals surface area contributed by atoms with Gasteiger partial charge in [-0.05, 0) is 7.05 Å². The number of carbonyl (C=O) groups is 1. The number of methoxy groups -OCH3 is 2. The molecule has 2 aromatic heterocycles. The summed E-state index contributed by atoms with van der Waals surface area (Å²) in [6.45, 7) is 2.22. The number of aromatic nitrogens is 4. The summed E-state index contributed by atoms with van der Waals surface area (Å²) in [5, 5.41) is 5.55. The van der Waals surface area contributed by atoms with E-state index in [2.05, 4.69) is 38.7 Å². The van der Waals surface area contributed by atoms with Crippen LogP contribution in [0.15, 0.2) is 12.7 Å². The smallest absolute Gasteiger partial charge is 0.280 e. The lowest BCUT2D eigenvalue weighted by molar-refractivity contribution is -0.250. The molecule has 4 unspecified atom stereocenters. The Kier molecular flexibility index (Phi) is 14.7. The van der Waals surface area contributed by atoms with Crippen molar-refractivity contribution in [3.05, 3.63) is 12.7 Å². The lowest BCUT2D eigenvalue weighted by Crippen LogP contribution is -2.37. The third-order valence-corrected chi connectivity index (χ3v) is 8.73. The van der Waals surface area contributed by atoms with E-state index in [1.54, 1.807) is 0 Å². The average molecular weight is 664 g/mol. The van der Waals surface area contributed by atoms with Gasteiger partial charge in [-0.15, -0.1) is 0 Å². The summed E-state index contributed by atoms with van der Waals surface area (Å²) in [5.41, 5.74) is 6.31. The molecule has 3 rings (SSSR count). The Labute approximate surface area is 240 Å². The number of nitrogens with two attached hydrogens (primary N) is 1. The van der Waals surface area contributed by atoms with E-state index in [-0.39, 0.29) is 30.3 Å². The molecule has 242 valence electrons. The molecule has 0 spiro atoms. The van der Waals surface area contributed by atoms with Gasteiger partial charge in [0.25, 0.3) is 23.5 Å². The Bertz CT molecular complexity index is 1310. The third-order valence-electron chi connectivity index (χ3n) is 5.04. The molecule has 21 nitrogen and oxygen atoms in total. The summed E-state index contributed by atoms with van der Waals surface area (Å²) in [4.78, 5) is 64.3. The minimum absolute atomic E-state index is 0. The summed E-state index contributed by atoms with van der Waals surface area (Å²) < 4.78 is 62.9. The van der Waals surface area contributed by atoms with Gasteiger partial charge in [0.05, 0.1) is 12.9 Å². The predicted molar refractivity (Wildman–Crippen MR) is 138 cm³/mol. The number of imidazole rings is 1. The zero-order valence-electron chi connectivity index (χ0n) is 22.0. The molecular weight excluding hydrogens is 631 g/mol. The van der Waals surface area contributed by atoms with Crippen molar-refractivity contribution in [2.24, 2.45) is 0 Å². The van der Waals surface area contributed by atoms with E-state index in [0.29, 0.717) is 6.54 Å². The van der Waals surface area contributed by atoms with Crippen LogP contribution in [0.4, 0.5) is 5.82 Å². The molecule has 0 aliphatic carbocycles. The van der Waals surface area contributed by atoms with Crippen LogP contribution in [0.5, 0.6) is 0 Å². The van der Waals surface area contributed by atoms with Crippen molar-refractivity contribution in [1.82, 2.24) is 30.2 Å². The normalized spacial score (nSPS) is 24.4. The molecule has 0 aromatic carbocycles. The quantitative estimate of drug-likeness (QED) is 0.130. The molecule has 1 fully saturated rings. The first-order valence-corrected chi connectivity index (χ1v) is 15.7. The van der Waals surface area contributed by atoms with Gasteiger partial charge in [0.15, 0.2) is 17.7 Å². The molecule has 1 amide bonds. The Morgan fingerprint density at radius 3 is 2.29 bits per heavy atom. The maximum Gasteiger partial charge on any atom is 0.280 e. The number of nitrogens with one attached hydrogen (secondary N) is 2. The molecule has 1 saturated heterocycles. The van der Waals surface area contributed by atoms with E-state index >= 15 is 0 Å². The maximum atomic E-state index is 11.8. The van der Waals surface area contributed by atoms with Gasteiger partial charge >= 0.3 is 0 Å². The fourth-order valence-electron chi connectivity index (χ4n) is 3.47. The zero-order valence-corrected chi connectivity index (χ0v) is 24.7. The number of phosphoric ester groups is 1. The third kappa shape index (κ3) is 11.3. The van der Waals surface area contributed by atoms with Crippen LogP contribution in [0.25, 0.3) is 11.2 Å². The van der Waals surface area contributed by atoms with E-state index in [9.17, 15) is 33.2 Å². The van der Waals surface area contributed by atoms with Crippen molar-refractivity contribution in [3.63, 3.8) is 0 Å². The minimum atomic E-state index is -6.03. The predicted octanol–water partition coefficient (Wildman–Crippen LogP) is -2.24. The van der Waals surface area contributed by atoms with Gasteiger partial charge in [-0.2, -0.15) is 0 Å². The molecule has 7 atom stereocenters. The van der Waals surface area contributed by atoms with Crippen LogP contribution >= 0.6 is 23.5 Å². The summed E-state index contributed by atoms with van der Waals surface area (Å²) >= 11 is 0. The Hall–Kier alpha value is -1.93. The zero-order chi connectivity index (χ0) is 31.0. The number of hydrogen-bond acceptors (Lipinski definition) is 18. The number of phosphoric acid groups is 3. The number of fused-ring (bicyclic) bond motifs is 1. The molecule has 0 bridgehead atoms. The minimum Gasteiger partial charge on any atom is -0.756 e. The SMILES string of the molecule is C.CNCCNC(C)=O.COC1[C@@H](COP(=O)([O-])OP(=O)([O-])OP(=O)([O-])O)O[C@@H](n2cnc3c(N)ncnc32)[C@H]1OC. The second-order valence-corrected chi connectivity index (χ2v) is 12.2. The van der Waals surface area contributed by atoms with Crippen molar-refractivity contribution in [2.75, 3.05) is 46.7 Å². The van der Waals surface area contributed by atoms with Crippen LogP contribution in [0, 0.1) is 0 Å². The number of nitrogen functional groups attached to an aromatic ring is 1. The van der Waals surface area contributed by atoms with Gasteiger partial charge in [0.2, 0.25) is 5.91 Å². The number of rotatable bonds is 13. The first-order valence-electron chi connectivity index (χ1n) is 11.3. The van der Waals surface area contributed by atoms with Gasteiger partial charge in [-0.25, -0.2) is 23.6 Å². The van der Waals surface area contributed by atoms with Gasteiger partial charge in [-0.1, -0.05) is 7.43 Å². The number of ether oxygens (including phenoxy) is 3. The highest BCUT2D eigenvalue weighted by Gasteiger charge is 2.47. The monoisotopic (exact) mass is 664 g/mol. The van der Waals surface area contributed by atoms with Crippen molar-refractivity contribution < 1.29 is 65.4 Å². The van der Waals surface area contributed by atoms with Crippen LogP contribution in [0.2, 0.25) is 0 Å². The summed E-state index contributed by atoms with van der Waals surface area (Å²) in [7, 11) is -13.1. The van der Waals surface area contributed by atoms with E-state index in [1.165, 1.54) is 38.4 Å². The molecule has 0 saturated carbocycles. The Balaban J connectivity index is 0.000000860. The number of nitrogens with zero attached hydrogens (tertiary/aromatic N) is 4. The Morgan fingerprint density at radius 1 is 1.10 bits per heavy atom. The lowest BCUT2D eigenvalue weighted by Gasteiger charge is -2.33. The molecule has 5 N–H and O–H groups in total. The highest BCUT2D eigenvalue weighted by Crippen LogP contribution is 2.61. The van der Waals surface area contributed by atoms with E-state index in [4.69, 9.17) is 24.8 Å². The first kappa shape index (κ1) is 38.1. The van der Waals surface area contributed by atoms with Crippen LogP contribution in [-0.4, -0.2) is 89.6 Å². The second-order valence-electron chi connectivity index (χ2n) is 7.96. The number of amides is 1. The van der Waals surface area contributed by atoms with E-state index < -0.39 is 54.6 Å². The number of likely N-dealkylation sites (N-methyl/N-ethyl adjacent to an activating group) is 1. The van der Waals surface area contributed by atoms with Crippen LogP contribution < -0.4 is 31.0 Å². The van der Waals surface area contributed by atoms with Crippen LogP contribution in [0.3, 0.4) is 0 Å². The van der Waals surface area contributed by atoms with Crippen molar-refractivity contribution >= 4 is 46.4 Å². The molecular formula is C18H33N7O14P3-3. The van der Waals surface area contributed by atoms with Crippen molar-refractivity contribution in [1.29, 1.82) is 0 Å². The van der Waals surface area contributed by atoms with Gasteiger partial charge < -0.3 is 54.7 Å². The lowest BCUT2D eigenvalue weighted by atomic mass is 10.1. The fraction of sp³-hybridized carbons (Fsp3) is 0.667. The highest BCUT2D eigenvalue weighted by molar-refractivity contribution is 7.65. The molecule has 1 aliphatic rings. The molecule has 2 aromatic rings. The summed E-state index contributed by atoms with van der Waals surface area (Å²) in [6.07, 6.45) is -1.38. The largest absolute Gasteiger partial charge is 0.756 e. The molecule has 42 heavy (non-hydrogen) atoms. The topological polar surface area (TPSA) is 307 Å². The number of hydrogen-bond donors (Lipinski definition) is 4. The summed E-state index contributed by atoms with van der Waals surface area (Å²) in [5.74, 6) is 0.133. The Morgan fingerprint density at radius 2 is 1.74 bits per heavy atom. The number of anilines is 1. The maximum absolute atomic E-state index is 11.8. The molecule has 0 radical (unpaired) electrons. The highest BCUT2D eigenvalue weighted by atomic mass is 31.3. The molecule has 3 heterocycles. The number of carbonyl (C=O) groups excluding carboxylic acids is 1. The fourth-order valence-corrected chi connectivity index (χ4v) is 6.37. The van der Waals surface area contributed by atoms with Crippen LogP contribution in [-0.2, 0) is 45.8 Å². The molecule has 24 heteroatoms. The average Bonchev–Trinajstić information content (AvgIpc) is 3.42. The van der Waals surface area contributed by atoms with E-state index in [1.807, 2.05) is 7.05 Å². The van der Waals surface area contributed by atoms with Crippen LogP contribution in [0.1, 0.15) is 20.6 Å².